The number of hydrogen-bond donors (Lipinski definition) is 1. The number of benzene rings is 1. The minimum Gasteiger partial charge on any atom is -0.352 e. The van der Waals surface area contributed by atoms with Gasteiger partial charge >= 0.3 is 0 Å². The molecule has 22 heavy (non-hydrogen) atoms. The normalized spacial score (nSPS) is 11.5. The van der Waals surface area contributed by atoms with E-state index in [0.717, 1.165) is 16.3 Å². The zero-order chi connectivity index (χ0) is 16.2. The number of carbonyl (C=O) groups excluding carboxylic acids is 1. The number of aromatic nitrogens is 1. The first-order valence-electron chi connectivity index (χ1n) is 7.30. The van der Waals surface area contributed by atoms with Gasteiger partial charge in [-0.3, -0.25) is 4.79 Å². The zero-order valence-corrected chi connectivity index (χ0v) is 14.0. The quantitative estimate of drug-likeness (QED) is 0.910. The third kappa shape index (κ3) is 4.91. The van der Waals surface area contributed by atoms with E-state index in [1.165, 1.54) is 12.1 Å². The van der Waals surface area contributed by atoms with Crippen LogP contribution in [0.15, 0.2) is 29.6 Å². The SMILES string of the molecule is CC(C)(C)c1csc(CCC(=O)NCc2ccc(F)cc2)n1. The first-order valence-corrected chi connectivity index (χ1v) is 8.18. The van der Waals surface area contributed by atoms with Crippen LogP contribution in [0.25, 0.3) is 0 Å². The molecule has 1 amide bonds. The molecule has 1 aromatic heterocycles. The van der Waals surface area contributed by atoms with E-state index in [1.54, 1.807) is 23.5 Å². The molecule has 0 unspecified atom stereocenters. The Morgan fingerprint density at radius 2 is 1.95 bits per heavy atom. The van der Waals surface area contributed by atoms with Crippen LogP contribution < -0.4 is 5.32 Å². The fourth-order valence-electron chi connectivity index (χ4n) is 1.88. The average Bonchev–Trinajstić information content (AvgIpc) is 2.93. The lowest BCUT2D eigenvalue weighted by Crippen LogP contribution is -2.23. The van der Waals surface area contributed by atoms with Crippen molar-refractivity contribution < 1.29 is 9.18 Å². The van der Waals surface area contributed by atoms with Gasteiger partial charge in [0.05, 0.1) is 10.7 Å². The number of carbonyl (C=O) groups is 1. The second-order valence-corrected chi connectivity index (χ2v) is 7.22. The van der Waals surface area contributed by atoms with Crippen LogP contribution in [0.3, 0.4) is 0 Å². The van der Waals surface area contributed by atoms with Crippen molar-refractivity contribution >= 4 is 17.2 Å². The Bertz CT molecular complexity index is 629. The second kappa shape index (κ2) is 7.01. The van der Waals surface area contributed by atoms with E-state index < -0.39 is 0 Å². The number of nitrogens with zero attached hydrogens (tertiary/aromatic N) is 1. The van der Waals surface area contributed by atoms with Gasteiger partial charge in [-0.05, 0) is 17.7 Å². The molecular formula is C17H21FN2OS. The van der Waals surface area contributed by atoms with Gasteiger partial charge in [-0.2, -0.15) is 0 Å². The van der Waals surface area contributed by atoms with Gasteiger partial charge in [0.1, 0.15) is 5.82 Å². The molecular weight excluding hydrogens is 299 g/mol. The highest BCUT2D eigenvalue weighted by Gasteiger charge is 2.17. The van der Waals surface area contributed by atoms with Crippen LogP contribution in [0, 0.1) is 5.82 Å². The topological polar surface area (TPSA) is 42.0 Å². The molecule has 0 aliphatic rings. The molecule has 0 radical (unpaired) electrons. The van der Waals surface area contributed by atoms with Crippen LogP contribution >= 0.6 is 11.3 Å². The number of nitrogens with one attached hydrogen (secondary N) is 1. The summed E-state index contributed by atoms with van der Waals surface area (Å²) in [5, 5.41) is 5.89. The number of hydrogen-bond acceptors (Lipinski definition) is 3. The van der Waals surface area contributed by atoms with E-state index in [2.05, 4.69) is 36.5 Å². The maximum absolute atomic E-state index is 12.8. The second-order valence-electron chi connectivity index (χ2n) is 6.28. The van der Waals surface area contributed by atoms with Crippen molar-refractivity contribution in [2.24, 2.45) is 0 Å². The molecule has 1 aromatic carbocycles. The summed E-state index contributed by atoms with van der Waals surface area (Å²) in [6.07, 6.45) is 1.06. The summed E-state index contributed by atoms with van der Waals surface area (Å²) in [5.74, 6) is -0.287. The van der Waals surface area contributed by atoms with Gasteiger partial charge in [-0.25, -0.2) is 9.37 Å². The first kappa shape index (κ1) is 16.6. The van der Waals surface area contributed by atoms with Crippen molar-refractivity contribution in [3.8, 4) is 0 Å². The number of rotatable bonds is 5. The summed E-state index contributed by atoms with van der Waals surface area (Å²) >= 11 is 1.60. The van der Waals surface area contributed by atoms with Crippen LogP contribution in [0.4, 0.5) is 4.39 Å². The van der Waals surface area contributed by atoms with Crippen molar-refractivity contribution in [2.75, 3.05) is 0 Å². The molecule has 1 heterocycles. The maximum Gasteiger partial charge on any atom is 0.220 e. The summed E-state index contributed by atoms with van der Waals surface area (Å²) in [7, 11) is 0. The molecule has 0 fully saturated rings. The Balaban J connectivity index is 1.78. The Morgan fingerprint density at radius 3 is 2.55 bits per heavy atom. The number of aryl methyl sites for hydroxylation is 1. The van der Waals surface area contributed by atoms with Crippen LogP contribution in [0.1, 0.15) is 43.5 Å². The molecule has 2 rings (SSSR count). The van der Waals surface area contributed by atoms with Crippen molar-refractivity contribution in [1.29, 1.82) is 0 Å². The van der Waals surface area contributed by atoms with Crippen LogP contribution in [0.2, 0.25) is 0 Å². The molecule has 0 aliphatic carbocycles. The number of amides is 1. The highest BCUT2D eigenvalue weighted by molar-refractivity contribution is 7.09. The van der Waals surface area contributed by atoms with E-state index in [-0.39, 0.29) is 17.1 Å². The largest absolute Gasteiger partial charge is 0.352 e. The lowest BCUT2D eigenvalue weighted by atomic mass is 9.93. The first-order chi connectivity index (χ1) is 10.3. The molecule has 0 spiro atoms. The summed E-state index contributed by atoms with van der Waals surface area (Å²) in [5.41, 5.74) is 2.00. The van der Waals surface area contributed by atoms with Gasteiger partial charge in [0, 0.05) is 30.2 Å². The lowest BCUT2D eigenvalue weighted by molar-refractivity contribution is -0.121. The lowest BCUT2D eigenvalue weighted by Gasteiger charge is -2.14. The van der Waals surface area contributed by atoms with Crippen LogP contribution in [0.5, 0.6) is 0 Å². The van der Waals surface area contributed by atoms with Crippen molar-refractivity contribution in [3.05, 3.63) is 51.7 Å². The molecule has 0 atom stereocenters. The standard InChI is InChI=1S/C17H21FN2OS/c1-17(2,3)14-11-22-16(20-14)9-8-15(21)19-10-12-4-6-13(18)7-5-12/h4-7,11H,8-10H2,1-3H3,(H,19,21). The van der Waals surface area contributed by atoms with Gasteiger partial charge in [0.25, 0.3) is 0 Å². The molecule has 0 saturated heterocycles. The molecule has 5 heteroatoms. The van der Waals surface area contributed by atoms with Crippen molar-refractivity contribution in [2.45, 2.75) is 45.6 Å². The zero-order valence-electron chi connectivity index (χ0n) is 13.1. The minimum atomic E-state index is -0.270. The van der Waals surface area contributed by atoms with E-state index >= 15 is 0 Å². The molecule has 118 valence electrons. The van der Waals surface area contributed by atoms with Gasteiger partial charge in [0.2, 0.25) is 5.91 Å². The minimum absolute atomic E-state index is 0.0168. The van der Waals surface area contributed by atoms with Crippen molar-refractivity contribution in [3.63, 3.8) is 0 Å². The molecule has 1 N–H and O–H groups in total. The molecule has 0 aliphatic heterocycles. The van der Waals surface area contributed by atoms with E-state index in [1.807, 2.05) is 0 Å². The predicted molar refractivity (Wildman–Crippen MR) is 87.4 cm³/mol. The third-order valence-corrected chi connectivity index (χ3v) is 4.20. The predicted octanol–water partition coefficient (Wildman–Crippen LogP) is 3.83. The van der Waals surface area contributed by atoms with Crippen molar-refractivity contribution in [1.82, 2.24) is 10.3 Å². The van der Waals surface area contributed by atoms with Gasteiger partial charge < -0.3 is 5.32 Å². The summed E-state index contributed by atoms with van der Waals surface area (Å²) < 4.78 is 12.8. The Labute approximate surface area is 134 Å². The maximum atomic E-state index is 12.8. The fraction of sp³-hybridized carbons (Fsp3) is 0.412. The third-order valence-electron chi connectivity index (χ3n) is 3.29. The summed E-state index contributed by atoms with van der Waals surface area (Å²) in [6, 6.07) is 6.13. The van der Waals surface area contributed by atoms with Gasteiger partial charge in [-0.1, -0.05) is 32.9 Å². The van der Waals surface area contributed by atoms with Gasteiger partial charge in [-0.15, -0.1) is 11.3 Å². The monoisotopic (exact) mass is 320 g/mol. The smallest absolute Gasteiger partial charge is 0.220 e. The molecule has 2 aromatic rings. The molecule has 0 bridgehead atoms. The number of halogens is 1. The Kier molecular flexibility index (Phi) is 5.29. The highest BCUT2D eigenvalue weighted by Crippen LogP contribution is 2.24. The Hall–Kier alpha value is -1.75. The van der Waals surface area contributed by atoms with E-state index in [4.69, 9.17) is 0 Å². The molecule has 0 saturated carbocycles. The highest BCUT2D eigenvalue weighted by atomic mass is 32.1. The molecule has 3 nitrogen and oxygen atoms in total. The van der Waals surface area contributed by atoms with Gasteiger partial charge in [0.15, 0.2) is 0 Å². The number of thiazole rings is 1. The summed E-state index contributed by atoms with van der Waals surface area (Å²) in [6.45, 7) is 6.80. The summed E-state index contributed by atoms with van der Waals surface area (Å²) in [4.78, 5) is 16.4. The van der Waals surface area contributed by atoms with Crippen LogP contribution in [-0.4, -0.2) is 10.9 Å². The average molecular weight is 320 g/mol. The Morgan fingerprint density at radius 1 is 1.27 bits per heavy atom. The van der Waals surface area contributed by atoms with E-state index in [0.29, 0.717) is 19.4 Å². The van der Waals surface area contributed by atoms with E-state index in [9.17, 15) is 9.18 Å². The van der Waals surface area contributed by atoms with Crippen LogP contribution in [-0.2, 0) is 23.2 Å². The fourth-order valence-corrected chi connectivity index (χ4v) is 2.91.